The first-order valence-corrected chi connectivity index (χ1v) is 1.90. The van der Waals surface area contributed by atoms with Crippen molar-refractivity contribution in [3.63, 3.8) is 0 Å². The lowest BCUT2D eigenvalue weighted by atomic mass is 10.8. The minimum Gasteiger partial charge on any atom is -0.334 e. The topological polar surface area (TPSA) is 30.5 Å². The third-order valence-corrected chi connectivity index (χ3v) is 0.626. The molecule has 1 atom stereocenters. The van der Waals surface area contributed by atoms with Crippen molar-refractivity contribution in [1.82, 2.24) is 5.48 Å². The van der Waals surface area contributed by atoms with Crippen LogP contribution in [0.3, 0.4) is 0 Å². The summed E-state index contributed by atoms with van der Waals surface area (Å²) in [4.78, 5) is 4.68. The average molecular weight is 89.1 g/mol. The van der Waals surface area contributed by atoms with E-state index in [1.165, 1.54) is 0 Å². The number of rotatable bonds is 0. The predicted octanol–water partition coefficient (Wildman–Crippen LogP) is -0.159. The third kappa shape index (κ3) is 0.680. The van der Waals surface area contributed by atoms with E-state index < -0.39 is 0 Å². The standard InChI is InChI=1S/C3H7NO2/c1-3-5-2-4-6-3/h3-4H,2H2,1H3. The van der Waals surface area contributed by atoms with Gasteiger partial charge in [-0.05, 0) is 6.92 Å². The van der Waals surface area contributed by atoms with Crippen LogP contribution in [0.4, 0.5) is 0 Å². The van der Waals surface area contributed by atoms with Crippen LogP contribution in [0.5, 0.6) is 0 Å². The van der Waals surface area contributed by atoms with Gasteiger partial charge in [-0.3, -0.25) is 4.84 Å². The van der Waals surface area contributed by atoms with E-state index in [1.807, 2.05) is 6.92 Å². The number of hydrogen-bond donors (Lipinski definition) is 1. The van der Waals surface area contributed by atoms with Crippen molar-refractivity contribution in [2.75, 3.05) is 6.73 Å². The fourth-order valence-electron chi connectivity index (χ4n) is 0.337. The molecule has 1 fully saturated rings. The molecule has 1 aliphatic rings. The van der Waals surface area contributed by atoms with Crippen LogP contribution >= 0.6 is 0 Å². The molecule has 1 rings (SSSR count). The Hall–Kier alpha value is -0.120. The molecule has 0 aromatic carbocycles. The summed E-state index contributed by atoms with van der Waals surface area (Å²) in [7, 11) is 0. The van der Waals surface area contributed by atoms with E-state index >= 15 is 0 Å². The summed E-state index contributed by atoms with van der Waals surface area (Å²) in [5, 5.41) is 0. The van der Waals surface area contributed by atoms with Crippen molar-refractivity contribution in [3.05, 3.63) is 0 Å². The maximum Gasteiger partial charge on any atom is 0.176 e. The minimum absolute atomic E-state index is 0.0648. The monoisotopic (exact) mass is 89.0 g/mol. The Morgan fingerprint density at radius 1 is 1.83 bits per heavy atom. The highest BCUT2D eigenvalue weighted by atomic mass is 16.8. The normalized spacial score (nSPS) is 34.5. The van der Waals surface area contributed by atoms with Crippen molar-refractivity contribution in [1.29, 1.82) is 0 Å². The zero-order chi connectivity index (χ0) is 4.41. The summed E-state index contributed by atoms with van der Waals surface area (Å²) in [6.07, 6.45) is -0.0648. The van der Waals surface area contributed by atoms with E-state index in [0.29, 0.717) is 6.73 Å². The molecule has 0 bridgehead atoms. The van der Waals surface area contributed by atoms with Gasteiger partial charge < -0.3 is 4.74 Å². The van der Waals surface area contributed by atoms with Crippen LogP contribution in [-0.2, 0) is 9.57 Å². The molecule has 3 heteroatoms. The van der Waals surface area contributed by atoms with Gasteiger partial charge in [-0.15, -0.1) is 0 Å². The Bertz CT molecular complexity index is 42.1. The van der Waals surface area contributed by atoms with Crippen molar-refractivity contribution in [2.45, 2.75) is 13.2 Å². The van der Waals surface area contributed by atoms with Crippen molar-refractivity contribution < 1.29 is 9.57 Å². The molecular formula is C3H7NO2. The van der Waals surface area contributed by atoms with Crippen molar-refractivity contribution >= 4 is 0 Å². The van der Waals surface area contributed by atoms with Crippen molar-refractivity contribution in [2.24, 2.45) is 0 Å². The quantitative estimate of drug-likeness (QED) is 0.447. The van der Waals surface area contributed by atoms with Gasteiger partial charge in [0.15, 0.2) is 6.29 Å². The Morgan fingerprint density at radius 3 is 2.83 bits per heavy atom. The minimum atomic E-state index is -0.0648. The third-order valence-electron chi connectivity index (χ3n) is 0.626. The van der Waals surface area contributed by atoms with Gasteiger partial charge in [-0.25, -0.2) is 0 Å². The first-order valence-electron chi connectivity index (χ1n) is 1.90. The summed E-state index contributed by atoms with van der Waals surface area (Å²) in [6, 6.07) is 0. The van der Waals surface area contributed by atoms with Gasteiger partial charge in [0.25, 0.3) is 0 Å². The molecule has 1 unspecified atom stereocenters. The maximum absolute atomic E-state index is 4.82. The van der Waals surface area contributed by atoms with E-state index in [2.05, 4.69) is 10.3 Å². The van der Waals surface area contributed by atoms with Crippen LogP contribution in [0.2, 0.25) is 0 Å². The Morgan fingerprint density at radius 2 is 2.67 bits per heavy atom. The summed E-state index contributed by atoms with van der Waals surface area (Å²) in [5.41, 5.74) is 2.55. The van der Waals surface area contributed by atoms with Crippen LogP contribution in [-0.4, -0.2) is 13.0 Å². The van der Waals surface area contributed by atoms with Crippen LogP contribution in [0, 0.1) is 0 Å². The average Bonchev–Trinajstić information content (AvgIpc) is 1.86. The fraction of sp³-hybridized carbons (Fsp3) is 1.00. The lowest BCUT2D eigenvalue weighted by Crippen LogP contribution is -2.05. The SMILES string of the molecule is CC1OCNO1. The molecule has 0 aliphatic carbocycles. The second kappa shape index (κ2) is 1.55. The van der Waals surface area contributed by atoms with Gasteiger partial charge in [0.2, 0.25) is 0 Å². The van der Waals surface area contributed by atoms with E-state index in [9.17, 15) is 0 Å². The highest BCUT2D eigenvalue weighted by Gasteiger charge is 2.06. The van der Waals surface area contributed by atoms with E-state index in [1.54, 1.807) is 0 Å². The lowest BCUT2D eigenvalue weighted by molar-refractivity contribution is -0.0477. The van der Waals surface area contributed by atoms with Gasteiger partial charge >= 0.3 is 0 Å². The smallest absolute Gasteiger partial charge is 0.176 e. The molecule has 0 radical (unpaired) electrons. The summed E-state index contributed by atoms with van der Waals surface area (Å²) < 4.78 is 4.82. The van der Waals surface area contributed by atoms with Crippen LogP contribution in [0.25, 0.3) is 0 Å². The van der Waals surface area contributed by atoms with E-state index in [-0.39, 0.29) is 6.29 Å². The molecule has 1 aliphatic heterocycles. The van der Waals surface area contributed by atoms with Crippen LogP contribution in [0.1, 0.15) is 6.92 Å². The summed E-state index contributed by atoms with van der Waals surface area (Å²) in [6.45, 7) is 2.35. The predicted molar refractivity (Wildman–Crippen MR) is 19.6 cm³/mol. The zero-order valence-electron chi connectivity index (χ0n) is 3.60. The molecule has 0 spiro atoms. The molecule has 36 valence electrons. The molecule has 3 nitrogen and oxygen atoms in total. The summed E-state index contributed by atoms with van der Waals surface area (Å²) in [5.74, 6) is 0. The molecule has 0 amide bonds. The molecular weight excluding hydrogens is 82.0 g/mol. The summed E-state index contributed by atoms with van der Waals surface area (Å²) >= 11 is 0. The highest BCUT2D eigenvalue weighted by Crippen LogP contribution is 1.93. The Labute approximate surface area is 36.2 Å². The van der Waals surface area contributed by atoms with Gasteiger partial charge in [-0.1, -0.05) is 0 Å². The zero-order valence-corrected chi connectivity index (χ0v) is 3.60. The van der Waals surface area contributed by atoms with Gasteiger partial charge in [-0.2, -0.15) is 5.48 Å². The number of hydroxylamine groups is 1. The van der Waals surface area contributed by atoms with Gasteiger partial charge in [0, 0.05) is 0 Å². The second-order valence-electron chi connectivity index (χ2n) is 1.14. The number of hydrogen-bond acceptors (Lipinski definition) is 3. The maximum atomic E-state index is 4.82. The Balaban J connectivity index is 2.18. The largest absolute Gasteiger partial charge is 0.334 e. The van der Waals surface area contributed by atoms with Gasteiger partial charge in [0.1, 0.15) is 6.73 Å². The number of ether oxygens (including phenoxy) is 1. The molecule has 0 aromatic rings. The second-order valence-corrected chi connectivity index (χ2v) is 1.14. The number of nitrogens with one attached hydrogen (secondary N) is 1. The first-order chi connectivity index (χ1) is 2.89. The first kappa shape index (κ1) is 4.05. The van der Waals surface area contributed by atoms with E-state index in [4.69, 9.17) is 4.74 Å². The molecule has 1 N–H and O–H groups in total. The van der Waals surface area contributed by atoms with Gasteiger partial charge in [0.05, 0.1) is 0 Å². The highest BCUT2D eigenvalue weighted by molar-refractivity contribution is 4.30. The fourth-order valence-corrected chi connectivity index (χ4v) is 0.337. The lowest BCUT2D eigenvalue weighted by Gasteiger charge is -1.92. The van der Waals surface area contributed by atoms with E-state index in [0.717, 1.165) is 0 Å². The molecule has 0 aromatic heterocycles. The van der Waals surface area contributed by atoms with Crippen molar-refractivity contribution in [3.8, 4) is 0 Å². The molecule has 6 heavy (non-hydrogen) atoms. The Kier molecular flexibility index (Phi) is 1.05. The molecule has 1 heterocycles. The molecule has 0 saturated carbocycles. The molecule has 1 saturated heterocycles. The van der Waals surface area contributed by atoms with Crippen LogP contribution in [0.15, 0.2) is 0 Å². The van der Waals surface area contributed by atoms with Crippen LogP contribution < -0.4 is 5.48 Å².